The second kappa shape index (κ2) is 7.22. The van der Waals surface area contributed by atoms with Crippen LogP contribution in [0.1, 0.15) is 10.4 Å². The Labute approximate surface area is 169 Å². The number of nitrogens with one attached hydrogen (secondary N) is 1. The van der Waals surface area contributed by atoms with Crippen LogP contribution in [-0.4, -0.2) is 11.8 Å². The van der Waals surface area contributed by atoms with Crippen LogP contribution in [-0.2, 0) is 9.59 Å². The molecule has 0 radical (unpaired) electrons. The summed E-state index contributed by atoms with van der Waals surface area (Å²) in [6.07, 6.45) is 0. The predicted molar refractivity (Wildman–Crippen MR) is 110 cm³/mol. The summed E-state index contributed by atoms with van der Waals surface area (Å²) in [6, 6.07) is 14.1. The maximum atomic E-state index is 13.3. The Bertz CT molecular complexity index is 1110. The Kier molecular flexibility index (Phi) is 4.75. The van der Waals surface area contributed by atoms with Crippen LogP contribution in [0.5, 0.6) is 0 Å². The molecule has 0 saturated heterocycles. The van der Waals surface area contributed by atoms with Crippen molar-refractivity contribution in [2.45, 2.75) is 6.92 Å². The second-order valence-corrected chi connectivity index (χ2v) is 7.62. The van der Waals surface area contributed by atoms with Crippen LogP contribution in [0, 0.1) is 12.7 Å². The van der Waals surface area contributed by atoms with E-state index in [-0.39, 0.29) is 11.3 Å². The molecular weight excluding hydrogens is 399 g/mol. The number of nitrogens with zero attached hydrogens (tertiary/aromatic N) is 1. The highest BCUT2D eigenvalue weighted by Crippen LogP contribution is 2.36. The molecule has 0 saturated carbocycles. The van der Waals surface area contributed by atoms with Crippen LogP contribution in [0.4, 0.5) is 15.8 Å². The molecule has 1 aliphatic heterocycles. The van der Waals surface area contributed by atoms with Gasteiger partial charge >= 0.3 is 0 Å². The van der Waals surface area contributed by atoms with E-state index < -0.39 is 17.6 Å². The van der Waals surface area contributed by atoms with E-state index in [9.17, 15) is 14.0 Å². The molecule has 28 heavy (non-hydrogen) atoms. The van der Waals surface area contributed by atoms with Crippen molar-refractivity contribution in [1.82, 2.24) is 0 Å². The van der Waals surface area contributed by atoms with Crippen molar-refractivity contribution in [3.63, 3.8) is 0 Å². The van der Waals surface area contributed by atoms with E-state index in [1.807, 2.05) is 24.4 Å². The smallest absolute Gasteiger partial charge is 0.282 e. The van der Waals surface area contributed by atoms with Gasteiger partial charge in [-0.15, -0.1) is 11.3 Å². The normalized spacial score (nSPS) is 14.2. The maximum absolute atomic E-state index is 13.3. The standard InChI is InChI=1S/C21H14ClFN2O2S/c1-12-4-5-13(22)11-16(12)24-19-18(17-3-2-10-28-17)20(26)25(21(19)27)15-8-6-14(23)7-9-15/h2-11,24H,1H3. The molecule has 2 heterocycles. The van der Waals surface area contributed by atoms with E-state index in [2.05, 4.69) is 5.32 Å². The van der Waals surface area contributed by atoms with Gasteiger partial charge in [0.25, 0.3) is 11.8 Å². The van der Waals surface area contributed by atoms with E-state index in [1.165, 1.54) is 35.6 Å². The van der Waals surface area contributed by atoms with Gasteiger partial charge in [0.15, 0.2) is 0 Å². The Morgan fingerprint density at radius 2 is 1.79 bits per heavy atom. The lowest BCUT2D eigenvalue weighted by Crippen LogP contribution is -2.32. The first kappa shape index (κ1) is 18.4. The summed E-state index contributed by atoms with van der Waals surface area (Å²) >= 11 is 7.45. The number of carbonyl (C=O) groups excluding carboxylic acids is 2. The average molecular weight is 413 g/mol. The van der Waals surface area contributed by atoms with Crippen LogP contribution in [0.15, 0.2) is 65.7 Å². The second-order valence-electron chi connectivity index (χ2n) is 6.23. The summed E-state index contributed by atoms with van der Waals surface area (Å²) in [4.78, 5) is 28.0. The zero-order valence-corrected chi connectivity index (χ0v) is 16.3. The largest absolute Gasteiger partial charge is 0.350 e. The van der Waals surface area contributed by atoms with Crippen molar-refractivity contribution >= 4 is 51.7 Å². The van der Waals surface area contributed by atoms with Crippen molar-refractivity contribution in [2.24, 2.45) is 0 Å². The zero-order valence-electron chi connectivity index (χ0n) is 14.7. The minimum atomic E-state index is -0.501. The SMILES string of the molecule is Cc1ccc(Cl)cc1NC1=C(c2cccs2)C(=O)N(c2ccc(F)cc2)C1=O. The molecule has 2 aromatic carbocycles. The van der Waals surface area contributed by atoms with Crippen LogP contribution in [0.3, 0.4) is 0 Å². The molecule has 2 amide bonds. The molecule has 1 aromatic heterocycles. The number of hydrogen-bond acceptors (Lipinski definition) is 4. The van der Waals surface area contributed by atoms with E-state index in [0.29, 0.717) is 21.3 Å². The van der Waals surface area contributed by atoms with Crippen molar-refractivity contribution in [2.75, 3.05) is 10.2 Å². The molecule has 0 unspecified atom stereocenters. The Balaban J connectivity index is 1.81. The molecule has 0 aliphatic carbocycles. The van der Waals surface area contributed by atoms with Crippen LogP contribution >= 0.6 is 22.9 Å². The number of halogens is 2. The lowest BCUT2D eigenvalue weighted by molar-refractivity contribution is -0.120. The summed E-state index contributed by atoms with van der Waals surface area (Å²) in [6.45, 7) is 1.88. The molecule has 1 N–H and O–H groups in total. The first-order valence-electron chi connectivity index (χ1n) is 8.41. The van der Waals surface area contributed by atoms with Gasteiger partial charge in [-0.25, -0.2) is 9.29 Å². The number of benzene rings is 2. The Hall–Kier alpha value is -2.96. The molecule has 0 atom stereocenters. The van der Waals surface area contributed by atoms with Crippen molar-refractivity contribution < 1.29 is 14.0 Å². The van der Waals surface area contributed by atoms with Gasteiger partial charge in [-0.2, -0.15) is 0 Å². The van der Waals surface area contributed by atoms with Gasteiger partial charge in [-0.3, -0.25) is 9.59 Å². The number of aryl methyl sites for hydroxylation is 1. The number of hydrogen-bond donors (Lipinski definition) is 1. The fourth-order valence-corrected chi connectivity index (χ4v) is 3.92. The number of amides is 2. The van der Waals surface area contributed by atoms with Gasteiger partial charge < -0.3 is 5.32 Å². The Morgan fingerprint density at radius 3 is 2.46 bits per heavy atom. The maximum Gasteiger partial charge on any atom is 0.282 e. The fourth-order valence-electron chi connectivity index (χ4n) is 2.98. The first-order chi connectivity index (χ1) is 13.5. The molecular formula is C21H14ClFN2O2S. The molecule has 4 nitrogen and oxygen atoms in total. The van der Waals surface area contributed by atoms with Crippen molar-refractivity contribution in [3.05, 3.63) is 87.0 Å². The van der Waals surface area contributed by atoms with Crippen molar-refractivity contribution in [3.8, 4) is 0 Å². The highest BCUT2D eigenvalue weighted by Gasteiger charge is 2.40. The molecule has 3 aromatic rings. The minimum absolute atomic E-state index is 0.169. The number of rotatable bonds is 4. The van der Waals surface area contributed by atoms with Crippen LogP contribution < -0.4 is 10.2 Å². The van der Waals surface area contributed by atoms with E-state index >= 15 is 0 Å². The summed E-state index contributed by atoms with van der Waals surface area (Å²) < 4.78 is 13.3. The third kappa shape index (κ3) is 3.21. The molecule has 0 fully saturated rings. The number of anilines is 2. The molecule has 1 aliphatic rings. The highest BCUT2D eigenvalue weighted by atomic mass is 35.5. The van der Waals surface area contributed by atoms with Gasteiger partial charge in [0.2, 0.25) is 0 Å². The van der Waals surface area contributed by atoms with Gasteiger partial charge in [-0.05, 0) is 60.3 Å². The number of imide groups is 1. The summed E-state index contributed by atoms with van der Waals surface area (Å²) in [5.74, 6) is -1.40. The lowest BCUT2D eigenvalue weighted by atomic mass is 10.1. The minimum Gasteiger partial charge on any atom is -0.350 e. The van der Waals surface area contributed by atoms with Gasteiger partial charge in [0.05, 0.1) is 11.3 Å². The predicted octanol–water partition coefficient (Wildman–Crippen LogP) is 5.25. The average Bonchev–Trinajstić information content (AvgIpc) is 3.27. The van der Waals surface area contributed by atoms with Gasteiger partial charge in [-0.1, -0.05) is 23.7 Å². The molecule has 4 rings (SSSR count). The molecule has 0 bridgehead atoms. The molecule has 7 heteroatoms. The third-order valence-electron chi connectivity index (χ3n) is 4.40. The van der Waals surface area contributed by atoms with E-state index in [0.717, 1.165) is 10.5 Å². The van der Waals surface area contributed by atoms with Crippen LogP contribution in [0.25, 0.3) is 5.57 Å². The number of carbonyl (C=O) groups is 2. The molecule has 140 valence electrons. The van der Waals surface area contributed by atoms with Crippen molar-refractivity contribution in [1.29, 1.82) is 0 Å². The number of thiophene rings is 1. The van der Waals surface area contributed by atoms with Gasteiger partial charge in [0, 0.05) is 15.6 Å². The third-order valence-corrected chi connectivity index (χ3v) is 5.52. The Morgan fingerprint density at radius 1 is 1.04 bits per heavy atom. The molecule has 0 spiro atoms. The first-order valence-corrected chi connectivity index (χ1v) is 9.67. The van der Waals surface area contributed by atoms with E-state index in [4.69, 9.17) is 11.6 Å². The van der Waals surface area contributed by atoms with Crippen LogP contribution in [0.2, 0.25) is 5.02 Å². The zero-order chi connectivity index (χ0) is 19.8. The highest BCUT2D eigenvalue weighted by molar-refractivity contribution is 7.11. The summed E-state index contributed by atoms with van der Waals surface area (Å²) in [5.41, 5.74) is 2.28. The van der Waals surface area contributed by atoms with Gasteiger partial charge in [0.1, 0.15) is 11.5 Å². The fraction of sp³-hybridized carbons (Fsp3) is 0.0476. The lowest BCUT2D eigenvalue weighted by Gasteiger charge is -2.15. The quantitative estimate of drug-likeness (QED) is 0.596. The topological polar surface area (TPSA) is 49.4 Å². The summed E-state index contributed by atoms with van der Waals surface area (Å²) in [5, 5.41) is 5.44. The summed E-state index contributed by atoms with van der Waals surface area (Å²) in [7, 11) is 0. The monoisotopic (exact) mass is 412 g/mol. The van der Waals surface area contributed by atoms with E-state index in [1.54, 1.807) is 18.2 Å².